The van der Waals surface area contributed by atoms with Crippen LogP contribution in [-0.4, -0.2) is 24.8 Å². The van der Waals surface area contributed by atoms with Gasteiger partial charge in [-0.3, -0.25) is 4.79 Å². The Bertz CT molecular complexity index is 766. The summed E-state index contributed by atoms with van der Waals surface area (Å²) in [6.07, 6.45) is -0.592. The molecule has 2 rings (SSSR count). The van der Waals surface area contributed by atoms with Gasteiger partial charge in [0.15, 0.2) is 0 Å². The van der Waals surface area contributed by atoms with Crippen molar-refractivity contribution >= 4 is 12.1 Å². The molecule has 28 heavy (non-hydrogen) atoms. The van der Waals surface area contributed by atoms with E-state index in [1.54, 1.807) is 32.9 Å². The second-order valence-electron chi connectivity index (χ2n) is 7.32. The van der Waals surface area contributed by atoms with Crippen molar-refractivity contribution in [2.75, 3.05) is 7.11 Å². The summed E-state index contributed by atoms with van der Waals surface area (Å²) in [5, 5.41) is 2.73. The maximum atomic E-state index is 12.1. The largest absolute Gasteiger partial charge is 0.489 e. The minimum absolute atomic E-state index is 0.0000377. The molecule has 0 heterocycles. The van der Waals surface area contributed by atoms with Gasteiger partial charge in [0.1, 0.15) is 18.0 Å². The number of benzene rings is 2. The lowest BCUT2D eigenvalue weighted by Gasteiger charge is -2.23. The molecule has 6 nitrogen and oxygen atoms in total. The van der Waals surface area contributed by atoms with Crippen molar-refractivity contribution in [1.82, 2.24) is 5.32 Å². The summed E-state index contributed by atoms with van der Waals surface area (Å²) in [6, 6.07) is 16.5. The van der Waals surface area contributed by atoms with E-state index in [2.05, 4.69) is 5.32 Å². The fourth-order valence-electron chi connectivity index (χ4n) is 2.49. The molecule has 0 radical (unpaired) electrons. The number of ether oxygens (including phenoxy) is 3. The van der Waals surface area contributed by atoms with E-state index in [1.165, 1.54) is 7.11 Å². The second-order valence-corrected chi connectivity index (χ2v) is 7.32. The first kappa shape index (κ1) is 21.3. The topological polar surface area (TPSA) is 73.9 Å². The Balaban J connectivity index is 2.05. The second kappa shape index (κ2) is 9.78. The van der Waals surface area contributed by atoms with Crippen LogP contribution in [0.2, 0.25) is 0 Å². The predicted octanol–water partition coefficient (Wildman–Crippen LogP) is 4.39. The third-order valence-electron chi connectivity index (χ3n) is 3.82. The molecule has 0 aliphatic carbocycles. The number of alkyl carbamates (subject to hydrolysis) is 1. The third-order valence-corrected chi connectivity index (χ3v) is 3.82. The number of amides is 1. The Labute approximate surface area is 165 Å². The van der Waals surface area contributed by atoms with Gasteiger partial charge in [-0.15, -0.1) is 0 Å². The monoisotopic (exact) mass is 385 g/mol. The molecule has 0 unspecified atom stereocenters. The summed E-state index contributed by atoms with van der Waals surface area (Å²) >= 11 is 0. The lowest BCUT2D eigenvalue weighted by molar-refractivity contribution is -0.141. The lowest BCUT2D eigenvalue weighted by Crippen LogP contribution is -2.35. The van der Waals surface area contributed by atoms with Crippen LogP contribution in [0.25, 0.3) is 0 Å². The van der Waals surface area contributed by atoms with E-state index >= 15 is 0 Å². The summed E-state index contributed by atoms with van der Waals surface area (Å²) in [5.74, 6) is 0.271. The highest BCUT2D eigenvalue weighted by Crippen LogP contribution is 2.22. The van der Waals surface area contributed by atoms with Gasteiger partial charge in [-0.1, -0.05) is 42.5 Å². The minimum Gasteiger partial charge on any atom is -0.489 e. The first-order valence-corrected chi connectivity index (χ1v) is 9.10. The van der Waals surface area contributed by atoms with Gasteiger partial charge < -0.3 is 19.5 Å². The summed E-state index contributed by atoms with van der Waals surface area (Å²) in [5.41, 5.74) is 1.19. The molecule has 0 aromatic heterocycles. The fraction of sp³-hybridized carbons (Fsp3) is 0.364. The highest BCUT2D eigenvalue weighted by molar-refractivity contribution is 5.73. The van der Waals surface area contributed by atoms with Crippen molar-refractivity contribution in [3.63, 3.8) is 0 Å². The highest BCUT2D eigenvalue weighted by Gasteiger charge is 2.23. The third kappa shape index (κ3) is 7.31. The van der Waals surface area contributed by atoms with Gasteiger partial charge in [0, 0.05) is 0 Å². The molecule has 0 spiro atoms. The van der Waals surface area contributed by atoms with Gasteiger partial charge in [-0.2, -0.15) is 0 Å². The maximum absolute atomic E-state index is 12.1. The van der Waals surface area contributed by atoms with Gasteiger partial charge in [-0.05, 0) is 44.0 Å². The number of hydrogen-bond acceptors (Lipinski definition) is 5. The molecule has 0 aliphatic heterocycles. The van der Waals surface area contributed by atoms with Gasteiger partial charge in [0.25, 0.3) is 0 Å². The van der Waals surface area contributed by atoms with E-state index in [1.807, 2.05) is 42.5 Å². The standard InChI is InChI=1S/C22H27NO5/c1-22(2,3)28-21(25)23-19(14-20(24)26-4)17-10-12-18(13-11-17)27-15-16-8-6-5-7-9-16/h5-13,19H,14-15H2,1-4H3,(H,23,25)/t19-/m0/s1. The van der Waals surface area contributed by atoms with Gasteiger partial charge in [-0.25, -0.2) is 4.79 Å². The molecule has 0 saturated carbocycles. The van der Waals surface area contributed by atoms with Crippen LogP contribution in [-0.2, 0) is 20.9 Å². The lowest BCUT2D eigenvalue weighted by atomic mass is 10.0. The Morgan fingerprint density at radius 1 is 1.00 bits per heavy atom. The average molecular weight is 385 g/mol. The molecule has 1 amide bonds. The van der Waals surface area contributed by atoms with E-state index < -0.39 is 23.7 Å². The molecule has 1 N–H and O–H groups in total. The molecule has 150 valence electrons. The van der Waals surface area contributed by atoms with E-state index in [-0.39, 0.29) is 6.42 Å². The first-order chi connectivity index (χ1) is 13.3. The smallest absolute Gasteiger partial charge is 0.408 e. The van der Waals surface area contributed by atoms with Crippen LogP contribution >= 0.6 is 0 Å². The number of nitrogens with one attached hydrogen (secondary N) is 1. The zero-order valence-corrected chi connectivity index (χ0v) is 16.7. The summed E-state index contributed by atoms with van der Waals surface area (Å²) in [7, 11) is 1.31. The molecule has 2 aromatic carbocycles. The normalized spacial score (nSPS) is 12.0. The number of carbonyl (C=O) groups is 2. The molecule has 0 fully saturated rings. The van der Waals surface area contributed by atoms with Crippen LogP contribution in [0.1, 0.15) is 44.4 Å². The summed E-state index contributed by atoms with van der Waals surface area (Å²) in [4.78, 5) is 23.9. The molecule has 0 saturated heterocycles. The summed E-state index contributed by atoms with van der Waals surface area (Å²) in [6.45, 7) is 5.80. The SMILES string of the molecule is COC(=O)C[C@H](NC(=O)OC(C)(C)C)c1ccc(OCc2ccccc2)cc1. The molecule has 6 heteroatoms. The van der Waals surface area contributed by atoms with Crippen molar-refractivity contribution in [3.8, 4) is 5.75 Å². The van der Waals surface area contributed by atoms with E-state index in [4.69, 9.17) is 14.2 Å². The zero-order valence-electron chi connectivity index (χ0n) is 16.7. The molecule has 1 atom stereocenters. The maximum Gasteiger partial charge on any atom is 0.408 e. The molecular weight excluding hydrogens is 358 g/mol. The minimum atomic E-state index is -0.630. The quantitative estimate of drug-likeness (QED) is 0.716. The first-order valence-electron chi connectivity index (χ1n) is 9.10. The van der Waals surface area contributed by atoms with E-state index in [0.29, 0.717) is 12.4 Å². The Morgan fingerprint density at radius 2 is 1.64 bits per heavy atom. The Kier molecular flexibility index (Phi) is 7.44. The summed E-state index contributed by atoms with van der Waals surface area (Å²) < 4.78 is 15.8. The van der Waals surface area contributed by atoms with Crippen molar-refractivity contribution < 1.29 is 23.8 Å². The van der Waals surface area contributed by atoms with Gasteiger partial charge in [0.2, 0.25) is 0 Å². The fourth-order valence-corrected chi connectivity index (χ4v) is 2.49. The zero-order chi connectivity index (χ0) is 20.6. The molecule has 0 bridgehead atoms. The number of carbonyl (C=O) groups excluding carboxylic acids is 2. The number of methoxy groups -OCH3 is 1. The molecule has 0 aliphatic rings. The Morgan fingerprint density at radius 3 is 2.21 bits per heavy atom. The van der Waals surface area contributed by atoms with E-state index in [0.717, 1.165) is 11.1 Å². The van der Waals surface area contributed by atoms with Crippen LogP contribution in [0.15, 0.2) is 54.6 Å². The average Bonchev–Trinajstić information content (AvgIpc) is 2.65. The van der Waals surface area contributed by atoms with Gasteiger partial charge in [0.05, 0.1) is 19.6 Å². The highest BCUT2D eigenvalue weighted by atomic mass is 16.6. The van der Waals surface area contributed by atoms with Crippen molar-refractivity contribution in [2.24, 2.45) is 0 Å². The van der Waals surface area contributed by atoms with Crippen LogP contribution in [0.3, 0.4) is 0 Å². The van der Waals surface area contributed by atoms with Crippen molar-refractivity contribution in [1.29, 1.82) is 0 Å². The van der Waals surface area contributed by atoms with Crippen molar-refractivity contribution in [3.05, 3.63) is 65.7 Å². The van der Waals surface area contributed by atoms with E-state index in [9.17, 15) is 9.59 Å². The number of hydrogen-bond donors (Lipinski definition) is 1. The van der Waals surface area contributed by atoms with Gasteiger partial charge >= 0.3 is 12.1 Å². The van der Waals surface area contributed by atoms with Crippen LogP contribution in [0.5, 0.6) is 5.75 Å². The van der Waals surface area contributed by atoms with Crippen LogP contribution < -0.4 is 10.1 Å². The Hall–Kier alpha value is -3.02. The molecule has 2 aromatic rings. The van der Waals surface area contributed by atoms with Crippen molar-refractivity contribution in [2.45, 2.75) is 45.4 Å². The number of esters is 1. The molecular formula is C22H27NO5. The van der Waals surface area contributed by atoms with Crippen LogP contribution in [0.4, 0.5) is 4.79 Å². The predicted molar refractivity (Wildman–Crippen MR) is 106 cm³/mol. The number of rotatable bonds is 7. The van der Waals surface area contributed by atoms with Crippen LogP contribution in [0, 0.1) is 0 Å².